The fraction of sp³-hybridized carbons (Fsp3) is 0.300. The third kappa shape index (κ3) is 3.85. The quantitative estimate of drug-likeness (QED) is 0.289. The number of Topliss-reactive ketones (excluding diaryl/α,β-unsaturated/α-hetero) is 1. The largest absolute Gasteiger partial charge is 0.507 e. The zero-order valence-corrected chi connectivity index (χ0v) is 17.9. The number of hydrogen-bond donors (Lipinski definition) is 1. The summed E-state index contributed by atoms with van der Waals surface area (Å²) in [5.41, 5.74) is 0.533. The molecule has 3 rings (SSSR count). The average molecular weight is 466 g/mol. The Morgan fingerprint density at radius 2 is 2.07 bits per heavy atom. The highest BCUT2D eigenvalue weighted by Gasteiger charge is 2.46. The zero-order valence-electron chi connectivity index (χ0n) is 15.5. The fourth-order valence-corrected chi connectivity index (χ4v) is 4.59. The number of carbonyl (C=O) groups excluding carboxylic acids is 2. The summed E-state index contributed by atoms with van der Waals surface area (Å²) in [5.74, 6) is -0.885. The molecule has 1 amide bonds. The van der Waals surface area contributed by atoms with E-state index in [2.05, 4.69) is 15.9 Å². The van der Waals surface area contributed by atoms with E-state index in [4.69, 9.17) is 9.47 Å². The minimum Gasteiger partial charge on any atom is -0.507 e. The van der Waals surface area contributed by atoms with Gasteiger partial charge in [-0.05, 0) is 52.0 Å². The Hall–Kier alpha value is -2.16. The first-order valence-corrected chi connectivity index (χ1v) is 10.3. The number of likely N-dealkylation sites (tertiary alicyclic amines) is 1. The lowest BCUT2D eigenvalue weighted by atomic mass is 10.00. The lowest BCUT2D eigenvalue weighted by Crippen LogP contribution is -2.31. The second-order valence-electron chi connectivity index (χ2n) is 6.20. The maximum absolute atomic E-state index is 12.8. The van der Waals surface area contributed by atoms with Crippen molar-refractivity contribution in [3.05, 3.63) is 56.2 Å². The third-order valence-electron chi connectivity index (χ3n) is 4.53. The van der Waals surface area contributed by atoms with Crippen molar-refractivity contribution < 1.29 is 24.2 Å². The molecule has 1 fully saturated rings. The molecule has 2 heterocycles. The molecule has 0 spiro atoms. The number of nitrogens with zero attached hydrogens (tertiary/aromatic N) is 1. The van der Waals surface area contributed by atoms with Crippen molar-refractivity contribution >= 4 is 44.7 Å². The van der Waals surface area contributed by atoms with Gasteiger partial charge in [0.25, 0.3) is 11.7 Å². The molecule has 0 aliphatic carbocycles. The number of aliphatic hydroxyl groups excluding tert-OH is 1. The third-order valence-corrected chi connectivity index (χ3v) is 6.07. The van der Waals surface area contributed by atoms with Crippen LogP contribution in [0.2, 0.25) is 0 Å². The standard InChI is InChI=1S/C20H20BrNO5S/c1-26-9-4-8-22-17(15-5-3-10-28-15)16(19(24)20(22)25)18(23)12-6-7-14(27-2)13(21)11-12/h3,5-7,10-11,17,23H,4,8-9H2,1-2H3/b18-16-. The summed E-state index contributed by atoms with van der Waals surface area (Å²) in [4.78, 5) is 27.8. The maximum atomic E-state index is 12.8. The molecule has 1 aromatic heterocycles. The molecule has 1 saturated heterocycles. The van der Waals surface area contributed by atoms with Crippen LogP contribution < -0.4 is 4.74 Å². The summed E-state index contributed by atoms with van der Waals surface area (Å²) in [6.07, 6.45) is 0.597. The van der Waals surface area contributed by atoms with Gasteiger partial charge >= 0.3 is 0 Å². The monoisotopic (exact) mass is 465 g/mol. The SMILES string of the molecule is COCCCN1C(=O)C(=O)/C(=C(\O)c2ccc(OC)c(Br)c2)C1c1cccs1. The minimum atomic E-state index is -0.680. The van der Waals surface area contributed by atoms with Crippen molar-refractivity contribution in [3.8, 4) is 5.75 Å². The Balaban J connectivity index is 2.08. The molecule has 6 nitrogen and oxygen atoms in total. The highest BCUT2D eigenvalue weighted by molar-refractivity contribution is 9.10. The highest BCUT2D eigenvalue weighted by atomic mass is 79.9. The van der Waals surface area contributed by atoms with Crippen LogP contribution in [0.25, 0.3) is 5.76 Å². The summed E-state index contributed by atoms with van der Waals surface area (Å²) in [5, 5.41) is 12.8. The number of hydrogen-bond acceptors (Lipinski definition) is 6. The van der Waals surface area contributed by atoms with Gasteiger partial charge in [0, 0.05) is 30.7 Å². The number of ketones is 1. The van der Waals surface area contributed by atoms with Crippen LogP contribution in [0.3, 0.4) is 0 Å². The zero-order chi connectivity index (χ0) is 20.3. The number of rotatable bonds is 7. The fourth-order valence-electron chi connectivity index (χ4n) is 3.20. The van der Waals surface area contributed by atoms with E-state index in [1.807, 2.05) is 17.5 Å². The van der Waals surface area contributed by atoms with Gasteiger partial charge in [0.2, 0.25) is 0 Å². The molecular weight excluding hydrogens is 446 g/mol. The molecule has 1 unspecified atom stereocenters. The van der Waals surface area contributed by atoms with Gasteiger partial charge in [-0.3, -0.25) is 9.59 Å². The second kappa shape index (κ2) is 8.89. The first-order valence-electron chi connectivity index (χ1n) is 8.64. The number of amides is 1. The Bertz CT molecular complexity index is 909. The van der Waals surface area contributed by atoms with Gasteiger partial charge in [-0.15, -0.1) is 11.3 Å². The molecule has 1 aliphatic rings. The number of aliphatic hydroxyl groups is 1. The average Bonchev–Trinajstić information content (AvgIpc) is 3.30. The van der Waals surface area contributed by atoms with Gasteiger partial charge < -0.3 is 19.5 Å². The van der Waals surface area contributed by atoms with Crippen LogP contribution >= 0.6 is 27.3 Å². The molecule has 2 aromatic rings. The van der Waals surface area contributed by atoms with Crippen molar-refractivity contribution in [2.75, 3.05) is 27.4 Å². The number of benzene rings is 1. The van der Waals surface area contributed by atoms with Crippen molar-refractivity contribution in [2.24, 2.45) is 0 Å². The summed E-state index contributed by atoms with van der Waals surface area (Å²) in [6, 6.07) is 8.12. The molecule has 1 aromatic carbocycles. The van der Waals surface area contributed by atoms with Crippen molar-refractivity contribution in [3.63, 3.8) is 0 Å². The molecule has 148 valence electrons. The predicted molar refractivity (Wildman–Crippen MR) is 111 cm³/mol. The van der Waals surface area contributed by atoms with E-state index in [0.717, 1.165) is 4.88 Å². The van der Waals surface area contributed by atoms with E-state index in [1.165, 1.54) is 16.2 Å². The Kier molecular flexibility index (Phi) is 6.53. The Morgan fingerprint density at radius 3 is 2.68 bits per heavy atom. The van der Waals surface area contributed by atoms with Crippen LogP contribution in [0.1, 0.15) is 22.9 Å². The van der Waals surface area contributed by atoms with Crippen LogP contribution in [-0.4, -0.2) is 49.1 Å². The molecule has 0 radical (unpaired) electrons. The van der Waals surface area contributed by atoms with Gasteiger partial charge in [-0.1, -0.05) is 6.07 Å². The molecule has 1 atom stereocenters. The van der Waals surface area contributed by atoms with E-state index in [1.54, 1.807) is 32.4 Å². The van der Waals surface area contributed by atoms with Crippen LogP contribution in [0.5, 0.6) is 5.75 Å². The number of methoxy groups -OCH3 is 2. The number of ether oxygens (including phenoxy) is 2. The molecule has 0 saturated carbocycles. The van der Waals surface area contributed by atoms with Gasteiger partial charge in [0.1, 0.15) is 11.5 Å². The Labute approximate surface area is 175 Å². The normalized spacial score (nSPS) is 18.7. The van der Waals surface area contributed by atoms with E-state index < -0.39 is 17.7 Å². The topological polar surface area (TPSA) is 76.1 Å². The summed E-state index contributed by atoms with van der Waals surface area (Å²) >= 11 is 4.83. The van der Waals surface area contributed by atoms with Crippen molar-refractivity contribution in [1.82, 2.24) is 4.90 Å². The number of halogens is 1. The first kappa shape index (κ1) is 20.6. The molecule has 0 bridgehead atoms. The van der Waals surface area contributed by atoms with E-state index in [-0.39, 0.29) is 11.3 Å². The second-order valence-corrected chi connectivity index (χ2v) is 8.04. The van der Waals surface area contributed by atoms with Crippen molar-refractivity contribution in [1.29, 1.82) is 0 Å². The summed E-state index contributed by atoms with van der Waals surface area (Å²) in [7, 11) is 3.13. The van der Waals surface area contributed by atoms with Gasteiger partial charge in [0.05, 0.1) is 23.2 Å². The molecule has 28 heavy (non-hydrogen) atoms. The lowest BCUT2D eigenvalue weighted by molar-refractivity contribution is -0.140. The molecule has 1 aliphatic heterocycles. The highest BCUT2D eigenvalue weighted by Crippen LogP contribution is 2.41. The number of thiophene rings is 1. The Morgan fingerprint density at radius 1 is 1.29 bits per heavy atom. The minimum absolute atomic E-state index is 0.0990. The number of carbonyl (C=O) groups is 2. The summed E-state index contributed by atoms with van der Waals surface area (Å²) < 4.78 is 10.9. The van der Waals surface area contributed by atoms with Gasteiger partial charge in [-0.25, -0.2) is 0 Å². The van der Waals surface area contributed by atoms with Crippen LogP contribution in [-0.2, 0) is 14.3 Å². The van der Waals surface area contributed by atoms with Crippen LogP contribution in [0.15, 0.2) is 45.8 Å². The molecule has 1 N–H and O–H groups in total. The smallest absolute Gasteiger partial charge is 0.295 e. The van der Waals surface area contributed by atoms with Gasteiger partial charge in [0.15, 0.2) is 0 Å². The van der Waals surface area contributed by atoms with E-state index in [9.17, 15) is 14.7 Å². The lowest BCUT2D eigenvalue weighted by Gasteiger charge is -2.24. The summed E-state index contributed by atoms with van der Waals surface area (Å²) in [6.45, 7) is 0.843. The predicted octanol–water partition coefficient (Wildman–Crippen LogP) is 3.98. The van der Waals surface area contributed by atoms with E-state index >= 15 is 0 Å². The first-order chi connectivity index (χ1) is 13.5. The van der Waals surface area contributed by atoms with E-state index in [0.29, 0.717) is 35.4 Å². The van der Waals surface area contributed by atoms with Crippen LogP contribution in [0, 0.1) is 0 Å². The van der Waals surface area contributed by atoms with Crippen molar-refractivity contribution in [2.45, 2.75) is 12.5 Å². The molecule has 8 heteroatoms. The maximum Gasteiger partial charge on any atom is 0.295 e. The van der Waals surface area contributed by atoms with Gasteiger partial charge in [-0.2, -0.15) is 0 Å². The van der Waals surface area contributed by atoms with Crippen LogP contribution in [0.4, 0.5) is 0 Å². The molecular formula is C20H20BrNO5S.